The van der Waals surface area contributed by atoms with Crippen LogP contribution in [0.3, 0.4) is 0 Å². The number of amides is 1. The molecule has 0 radical (unpaired) electrons. The lowest BCUT2D eigenvalue weighted by Crippen LogP contribution is -2.26. The number of carbonyl (C=O) groups is 1. The van der Waals surface area contributed by atoms with Crippen LogP contribution in [-0.4, -0.2) is 32.6 Å². The fraction of sp³-hybridized carbons (Fsp3) is 0.450. The zero-order valence-electron chi connectivity index (χ0n) is 15.7. The van der Waals surface area contributed by atoms with Crippen LogP contribution in [-0.2, 0) is 6.42 Å². The molecule has 1 fully saturated rings. The Morgan fingerprint density at radius 2 is 1.85 bits per heavy atom. The highest BCUT2D eigenvalue weighted by Crippen LogP contribution is 2.32. The van der Waals surface area contributed by atoms with Crippen molar-refractivity contribution in [1.29, 1.82) is 0 Å². The molecule has 140 valence electrons. The summed E-state index contributed by atoms with van der Waals surface area (Å²) in [5.74, 6) is 1.66. The molecule has 7 nitrogen and oxygen atoms in total. The number of nitrogens with one attached hydrogen (secondary N) is 1. The van der Waals surface area contributed by atoms with E-state index >= 15 is 0 Å². The third-order valence-corrected chi connectivity index (χ3v) is 5.16. The van der Waals surface area contributed by atoms with Gasteiger partial charge < -0.3 is 9.84 Å². The molecule has 2 aromatic heterocycles. The van der Waals surface area contributed by atoms with Gasteiger partial charge in [0.1, 0.15) is 0 Å². The normalized spacial score (nSPS) is 14.7. The van der Waals surface area contributed by atoms with E-state index < -0.39 is 0 Å². The maximum absolute atomic E-state index is 12.4. The van der Waals surface area contributed by atoms with E-state index in [4.69, 9.17) is 4.52 Å². The predicted octanol–water partition coefficient (Wildman–Crippen LogP) is 3.26. The number of hydrogen-bond donors (Lipinski definition) is 1. The van der Waals surface area contributed by atoms with E-state index in [9.17, 15) is 4.79 Å². The first-order chi connectivity index (χ1) is 13.1. The number of fused-ring (bicyclic) bond motifs is 1. The standard InChI is InChI=1S/C20H23N5O2/c1-12-13(2)23-17-11-15(7-8-16(17)22-12)19(26)21-10-9-18-24-20(27-25-18)14-5-3-4-6-14/h7-8,11,14H,3-6,9-10H2,1-2H3,(H,21,26). The summed E-state index contributed by atoms with van der Waals surface area (Å²) >= 11 is 0. The van der Waals surface area contributed by atoms with Gasteiger partial charge in [-0.2, -0.15) is 4.98 Å². The van der Waals surface area contributed by atoms with Crippen molar-refractivity contribution in [2.75, 3.05) is 6.54 Å². The minimum Gasteiger partial charge on any atom is -0.352 e. The van der Waals surface area contributed by atoms with E-state index in [-0.39, 0.29) is 5.91 Å². The Labute approximate surface area is 157 Å². The zero-order chi connectivity index (χ0) is 18.8. The smallest absolute Gasteiger partial charge is 0.251 e. The molecular weight excluding hydrogens is 342 g/mol. The van der Waals surface area contributed by atoms with Crippen molar-refractivity contribution in [3.8, 4) is 0 Å². The van der Waals surface area contributed by atoms with Crippen molar-refractivity contribution >= 4 is 16.9 Å². The van der Waals surface area contributed by atoms with Crippen LogP contribution in [0, 0.1) is 13.8 Å². The van der Waals surface area contributed by atoms with Gasteiger partial charge in [-0.3, -0.25) is 4.79 Å². The van der Waals surface area contributed by atoms with E-state index in [0.29, 0.717) is 30.3 Å². The number of nitrogens with zero attached hydrogens (tertiary/aromatic N) is 4. The lowest BCUT2D eigenvalue weighted by molar-refractivity contribution is 0.0954. The summed E-state index contributed by atoms with van der Waals surface area (Å²) < 4.78 is 5.37. The molecule has 0 unspecified atom stereocenters. The molecule has 27 heavy (non-hydrogen) atoms. The second kappa shape index (κ2) is 7.42. The zero-order valence-corrected chi connectivity index (χ0v) is 15.7. The average molecular weight is 365 g/mol. The minimum atomic E-state index is -0.142. The van der Waals surface area contributed by atoms with Crippen molar-refractivity contribution in [2.24, 2.45) is 0 Å². The third-order valence-electron chi connectivity index (χ3n) is 5.16. The minimum absolute atomic E-state index is 0.142. The van der Waals surface area contributed by atoms with Crippen LogP contribution in [0.2, 0.25) is 0 Å². The highest BCUT2D eigenvalue weighted by atomic mass is 16.5. The molecule has 3 aromatic rings. The van der Waals surface area contributed by atoms with Crippen LogP contribution < -0.4 is 5.32 Å². The van der Waals surface area contributed by atoms with E-state index in [2.05, 4.69) is 25.4 Å². The van der Waals surface area contributed by atoms with Crippen molar-refractivity contribution in [3.63, 3.8) is 0 Å². The fourth-order valence-electron chi connectivity index (χ4n) is 3.47. The quantitative estimate of drug-likeness (QED) is 0.746. The Balaban J connectivity index is 1.36. The van der Waals surface area contributed by atoms with Gasteiger partial charge >= 0.3 is 0 Å². The van der Waals surface area contributed by atoms with E-state index in [1.165, 1.54) is 12.8 Å². The summed E-state index contributed by atoms with van der Waals surface area (Å²) in [6.07, 6.45) is 5.26. The molecule has 0 bridgehead atoms. The molecule has 0 atom stereocenters. The summed E-state index contributed by atoms with van der Waals surface area (Å²) in [5, 5.41) is 6.94. The lowest BCUT2D eigenvalue weighted by Gasteiger charge is -2.06. The van der Waals surface area contributed by atoms with E-state index in [0.717, 1.165) is 41.2 Å². The molecular formula is C20H23N5O2. The third kappa shape index (κ3) is 3.82. The Hall–Kier alpha value is -2.83. The first kappa shape index (κ1) is 17.6. The molecule has 1 N–H and O–H groups in total. The van der Waals surface area contributed by atoms with Gasteiger partial charge in [-0.25, -0.2) is 9.97 Å². The number of hydrogen-bond acceptors (Lipinski definition) is 6. The van der Waals surface area contributed by atoms with Gasteiger partial charge in [0.2, 0.25) is 5.89 Å². The molecule has 0 aliphatic heterocycles. The molecule has 2 heterocycles. The average Bonchev–Trinajstić information content (AvgIpc) is 3.33. The number of benzene rings is 1. The maximum atomic E-state index is 12.4. The second-order valence-electron chi connectivity index (χ2n) is 7.13. The summed E-state index contributed by atoms with van der Waals surface area (Å²) in [7, 11) is 0. The lowest BCUT2D eigenvalue weighted by atomic mass is 10.1. The molecule has 1 amide bonds. The monoisotopic (exact) mass is 365 g/mol. The molecule has 1 aromatic carbocycles. The van der Waals surface area contributed by atoms with Gasteiger partial charge in [-0.1, -0.05) is 18.0 Å². The first-order valence-electron chi connectivity index (χ1n) is 9.46. The van der Waals surface area contributed by atoms with Crippen LogP contribution >= 0.6 is 0 Å². The predicted molar refractivity (Wildman–Crippen MR) is 101 cm³/mol. The summed E-state index contributed by atoms with van der Waals surface area (Å²) in [6, 6.07) is 5.38. The number of aryl methyl sites for hydroxylation is 2. The first-order valence-corrected chi connectivity index (χ1v) is 9.46. The van der Waals surface area contributed by atoms with Gasteiger partial charge in [0.15, 0.2) is 5.82 Å². The second-order valence-corrected chi connectivity index (χ2v) is 7.13. The highest BCUT2D eigenvalue weighted by molar-refractivity contribution is 5.97. The molecule has 1 saturated carbocycles. The molecule has 1 aliphatic carbocycles. The Kier molecular flexibility index (Phi) is 4.83. The van der Waals surface area contributed by atoms with Crippen molar-refractivity contribution in [1.82, 2.24) is 25.4 Å². The maximum Gasteiger partial charge on any atom is 0.251 e. The number of rotatable bonds is 5. The number of carbonyl (C=O) groups excluding carboxylic acids is 1. The summed E-state index contributed by atoms with van der Waals surface area (Å²) in [5.41, 5.74) is 3.86. The largest absolute Gasteiger partial charge is 0.352 e. The molecule has 7 heteroatoms. The highest BCUT2D eigenvalue weighted by Gasteiger charge is 2.22. The van der Waals surface area contributed by atoms with Gasteiger partial charge in [-0.05, 0) is 44.9 Å². The van der Waals surface area contributed by atoms with Gasteiger partial charge in [0.25, 0.3) is 5.91 Å². The Morgan fingerprint density at radius 1 is 1.11 bits per heavy atom. The van der Waals surface area contributed by atoms with E-state index in [1.807, 2.05) is 19.9 Å². The fourth-order valence-corrected chi connectivity index (χ4v) is 3.47. The number of aromatic nitrogens is 4. The van der Waals surface area contributed by atoms with Gasteiger partial charge in [0.05, 0.1) is 22.4 Å². The van der Waals surface area contributed by atoms with E-state index in [1.54, 1.807) is 12.1 Å². The Bertz CT molecular complexity index is 976. The van der Waals surface area contributed by atoms with Crippen molar-refractivity contribution in [3.05, 3.63) is 46.9 Å². The van der Waals surface area contributed by atoms with Gasteiger partial charge in [0, 0.05) is 24.4 Å². The molecule has 0 saturated heterocycles. The summed E-state index contributed by atoms with van der Waals surface area (Å²) in [4.78, 5) is 25.9. The van der Waals surface area contributed by atoms with Crippen LogP contribution in [0.15, 0.2) is 22.7 Å². The summed E-state index contributed by atoms with van der Waals surface area (Å²) in [6.45, 7) is 4.30. The molecule has 0 spiro atoms. The van der Waals surface area contributed by atoms with Gasteiger partial charge in [-0.15, -0.1) is 0 Å². The molecule has 1 aliphatic rings. The van der Waals surface area contributed by atoms with Crippen LogP contribution in [0.5, 0.6) is 0 Å². The van der Waals surface area contributed by atoms with Crippen molar-refractivity contribution in [2.45, 2.75) is 51.9 Å². The molecule has 4 rings (SSSR count). The van der Waals surface area contributed by atoms with Crippen molar-refractivity contribution < 1.29 is 9.32 Å². The SMILES string of the molecule is Cc1nc2ccc(C(=O)NCCc3noc(C4CCCC4)n3)cc2nc1C. The topological polar surface area (TPSA) is 93.8 Å². The Morgan fingerprint density at radius 3 is 2.63 bits per heavy atom. The van der Waals surface area contributed by atoms with Crippen LogP contribution in [0.4, 0.5) is 0 Å². The van der Waals surface area contributed by atoms with Crippen LogP contribution in [0.1, 0.15) is 65.1 Å². The van der Waals surface area contributed by atoms with Crippen LogP contribution in [0.25, 0.3) is 11.0 Å².